The number of sulfonamides is 1. The fourth-order valence-corrected chi connectivity index (χ4v) is 5.05. The highest BCUT2D eigenvalue weighted by Gasteiger charge is 2.27. The molecule has 0 radical (unpaired) electrons. The van der Waals surface area contributed by atoms with Crippen LogP contribution in [0.5, 0.6) is 5.75 Å². The number of esters is 1. The number of aryl methyl sites for hydroxylation is 1. The van der Waals surface area contributed by atoms with Crippen molar-refractivity contribution in [3.8, 4) is 5.75 Å². The van der Waals surface area contributed by atoms with Crippen molar-refractivity contribution in [3.05, 3.63) is 53.6 Å². The van der Waals surface area contributed by atoms with Crippen molar-refractivity contribution in [2.45, 2.75) is 44.4 Å². The molecule has 1 N–H and O–H groups in total. The first-order chi connectivity index (χ1) is 15.8. The summed E-state index contributed by atoms with van der Waals surface area (Å²) in [4.78, 5) is 24.4. The van der Waals surface area contributed by atoms with E-state index in [4.69, 9.17) is 9.47 Å². The SMILES string of the molecule is CCCCOC(=O)c1ccc(NC(=O)COc2ccc(S(=O)(=O)N3CCCC3)cc2C)cc1. The van der Waals surface area contributed by atoms with Gasteiger partial charge in [0.1, 0.15) is 5.75 Å². The van der Waals surface area contributed by atoms with Gasteiger partial charge in [0.2, 0.25) is 10.0 Å². The third-order valence-corrected chi connectivity index (χ3v) is 7.24. The second-order valence-corrected chi connectivity index (χ2v) is 9.88. The molecule has 0 bridgehead atoms. The van der Waals surface area contributed by atoms with E-state index < -0.39 is 16.0 Å². The van der Waals surface area contributed by atoms with Crippen LogP contribution in [0.25, 0.3) is 0 Å². The van der Waals surface area contributed by atoms with E-state index >= 15 is 0 Å². The van der Waals surface area contributed by atoms with Crippen LogP contribution < -0.4 is 10.1 Å². The number of unbranched alkanes of at least 4 members (excludes halogenated alkanes) is 1. The van der Waals surface area contributed by atoms with Crippen molar-refractivity contribution in [1.29, 1.82) is 0 Å². The number of carbonyl (C=O) groups is 2. The summed E-state index contributed by atoms with van der Waals surface area (Å²) in [7, 11) is -3.50. The Morgan fingerprint density at radius 3 is 2.39 bits per heavy atom. The molecule has 0 atom stereocenters. The zero-order valence-electron chi connectivity index (χ0n) is 19.0. The number of rotatable bonds is 10. The molecule has 2 aromatic carbocycles. The molecule has 1 saturated heterocycles. The quantitative estimate of drug-likeness (QED) is 0.416. The molecule has 178 valence electrons. The summed E-state index contributed by atoms with van der Waals surface area (Å²) in [6, 6.07) is 11.1. The van der Waals surface area contributed by atoms with Gasteiger partial charge in [0.15, 0.2) is 6.61 Å². The van der Waals surface area contributed by atoms with E-state index in [1.807, 2.05) is 6.92 Å². The van der Waals surface area contributed by atoms with Crippen LogP contribution in [0.1, 0.15) is 48.5 Å². The van der Waals surface area contributed by atoms with Crippen molar-refractivity contribution in [1.82, 2.24) is 4.31 Å². The van der Waals surface area contributed by atoms with Crippen LogP contribution in [0.2, 0.25) is 0 Å². The van der Waals surface area contributed by atoms with Crippen molar-refractivity contribution < 1.29 is 27.5 Å². The first-order valence-electron chi connectivity index (χ1n) is 11.1. The normalized spacial score (nSPS) is 14.1. The van der Waals surface area contributed by atoms with Crippen LogP contribution in [-0.2, 0) is 19.6 Å². The molecule has 33 heavy (non-hydrogen) atoms. The Morgan fingerprint density at radius 1 is 1.06 bits per heavy atom. The zero-order valence-corrected chi connectivity index (χ0v) is 19.8. The number of hydrogen-bond acceptors (Lipinski definition) is 6. The maximum atomic E-state index is 12.7. The van der Waals surface area contributed by atoms with Gasteiger partial charge in [-0.15, -0.1) is 0 Å². The topological polar surface area (TPSA) is 102 Å². The summed E-state index contributed by atoms with van der Waals surface area (Å²) in [5.41, 5.74) is 1.58. The van der Waals surface area contributed by atoms with Crippen molar-refractivity contribution in [2.24, 2.45) is 0 Å². The van der Waals surface area contributed by atoms with E-state index in [1.165, 1.54) is 10.4 Å². The van der Waals surface area contributed by atoms with E-state index in [-0.39, 0.29) is 17.4 Å². The van der Waals surface area contributed by atoms with Gasteiger partial charge in [-0.05, 0) is 74.2 Å². The maximum absolute atomic E-state index is 12.7. The van der Waals surface area contributed by atoms with Gasteiger partial charge in [0, 0.05) is 18.8 Å². The van der Waals surface area contributed by atoms with E-state index in [0.29, 0.717) is 42.3 Å². The van der Waals surface area contributed by atoms with Gasteiger partial charge in [0.25, 0.3) is 5.91 Å². The lowest BCUT2D eigenvalue weighted by molar-refractivity contribution is -0.118. The number of nitrogens with zero attached hydrogens (tertiary/aromatic N) is 1. The van der Waals surface area contributed by atoms with Crippen LogP contribution in [0.15, 0.2) is 47.4 Å². The molecule has 8 nitrogen and oxygen atoms in total. The van der Waals surface area contributed by atoms with E-state index in [2.05, 4.69) is 5.32 Å². The lowest BCUT2D eigenvalue weighted by atomic mass is 10.2. The molecule has 0 unspecified atom stereocenters. The molecule has 0 aromatic heterocycles. The lowest BCUT2D eigenvalue weighted by Gasteiger charge is -2.17. The molecule has 3 rings (SSSR count). The Morgan fingerprint density at radius 2 is 1.76 bits per heavy atom. The number of carbonyl (C=O) groups excluding carboxylic acids is 2. The fourth-order valence-electron chi connectivity index (χ4n) is 3.44. The highest BCUT2D eigenvalue weighted by molar-refractivity contribution is 7.89. The highest BCUT2D eigenvalue weighted by atomic mass is 32.2. The first kappa shape index (κ1) is 24.7. The lowest BCUT2D eigenvalue weighted by Crippen LogP contribution is -2.27. The van der Waals surface area contributed by atoms with Crippen LogP contribution >= 0.6 is 0 Å². The molecule has 1 aliphatic heterocycles. The molecule has 9 heteroatoms. The van der Waals surface area contributed by atoms with Gasteiger partial charge in [-0.2, -0.15) is 4.31 Å². The molecular formula is C24H30N2O6S. The molecule has 2 aromatic rings. The van der Waals surface area contributed by atoms with Crippen molar-refractivity contribution >= 4 is 27.6 Å². The van der Waals surface area contributed by atoms with Crippen molar-refractivity contribution in [3.63, 3.8) is 0 Å². The largest absolute Gasteiger partial charge is 0.483 e. The highest BCUT2D eigenvalue weighted by Crippen LogP contribution is 2.26. The van der Waals surface area contributed by atoms with Crippen LogP contribution in [0.3, 0.4) is 0 Å². The van der Waals surface area contributed by atoms with Gasteiger partial charge in [0.05, 0.1) is 17.1 Å². The molecule has 1 heterocycles. The zero-order chi connectivity index (χ0) is 23.8. The molecule has 1 fully saturated rings. The molecule has 0 spiro atoms. The Hall–Kier alpha value is -2.91. The van der Waals surface area contributed by atoms with E-state index in [1.54, 1.807) is 43.3 Å². The van der Waals surface area contributed by atoms with E-state index in [0.717, 1.165) is 25.7 Å². The predicted molar refractivity (Wildman–Crippen MR) is 125 cm³/mol. The monoisotopic (exact) mass is 474 g/mol. The second-order valence-electron chi connectivity index (χ2n) is 7.94. The van der Waals surface area contributed by atoms with Gasteiger partial charge in [-0.1, -0.05) is 13.3 Å². The summed E-state index contributed by atoms with van der Waals surface area (Å²) in [6.45, 7) is 5.00. The average Bonchev–Trinajstić information content (AvgIpc) is 3.35. The summed E-state index contributed by atoms with van der Waals surface area (Å²) in [5.74, 6) is -0.326. The Bertz CT molecular complexity index is 1080. The summed E-state index contributed by atoms with van der Waals surface area (Å²) in [6.07, 6.45) is 3.51. The second kappa shape index (κ2) is 11.3. The molecule has 1 aliphatic rings. The van der Waals surface area contributed by atoms with Crippen LogP contribution in [0, 0.1) is 6.92 Å². The van der Waals surface area contributed by atoms with Crippen LogP contribution in [-0.4, -0.2) is 50.9 Å². The van der Waals surface area contributed by atoms with E-state index in [9.17, 15) is 18.0 Å². The molecule has 0 saturated carbocycles. The molecular weight excluding hydrogens is 444 g/mol. The average molecular weight is 475 g/mol. The minimum absolute atomic E-state index is 0.229. The smallest absolute Gasteiger partial charge is 0.338 e. The minimum Gasteiger partial charge on any atom is -0.483 e. The third kappa shape index (κ3) is 6.55. The van der Waals surface area contributed by atoms with Gasteiger partial charge in [-0.3, -0.25) is 4.79 Å². The molecule has 0 aliphatic carbocycles. The fraction of sp³-hybridized carbons (Fsp3) is 0.417. The Kier molecular flexibility index (Phi) is 8.46. The number of benzene rings is 2. The standard InChI is InChI=1S/C24H30N2O6S/c1-3-4-15-31-24(28)19-7-9-20(10-8-19)25-23(27)17-32-22-12-11-21(16-18(22)2)33(29,30)26-13-5-6-14-26/h7-12,16H,3-6,13-15,17H2,1-2H3,(H,25,27). The summed E-state index contributed by atoms with van der Waals surface area (Å²) in [5, 5.41) is 2.70. The predicted octanol–water partition coefficient (Wildman–Crippen LogP) is 3.75. The maximum Gasteiger partial charge on any atom is 0.338 e. The Balaban J connectivity index is 1.53. The number of amides is 1. The Labute approximate surface area is 194 Å². The third-order valence-electron chi connectivity index (χ3n) is 5.34. The minimum atomic E-state index is -3.50. The summed E-state index contributed by atoms with van der Waals surface area (Å²) < 4.78 is 37.6. The van der Waals surface area contributed by atoms with Gasteiger partial charge in [-0.25, -0.2) is 13.2 Å². The van der Waals surface area contributed by atoms with Gasteiger partial charge < -0.3 is 14.8 Å². The van der Waals surface area contributed by atoms with Crippen LogP contribution in [0.4, 0.5) is 5.69 Å². The number of anilines is 1. The molecule has 1 amide bonds. The summed E-state index contributed by atoms with van der Waals surface area (Å²) >= 11 is 0. The first-order valence-corrected chi connectivity index (χ1v) is 12.6. The van der Waals surface area contributed by atoms with Crippen molar-refractivity contribution in [2.75, 3.05) is 31.6 Å². The number of nitrogens with one attached hydrogen (secondary N) is 1. The van der Waals surface area contributed by atoms with Gasteiger partial charge >= 0.3 is 5.97 Å². The number of ether oxygens (including phenoxy) is 2. The number of hydrogen-bond donors (Lipinski definition) is 1.